The fourth-order valence-corrected chi connectivity index (χ4v) is 5.06. The van der Waals surface area contributed by atoms with Gasteiger partial charge in [-0.3, -0.25) is 9.78 Å². The van der Waals surface area contributed by atoms with Gasteiger partial charge in [0.1, 0.15) is 5.69 Å². The van der Waals surface area contributed by atoms with E-state index in [1.54, 1.807) is 6.20 Å². The number of carbonyl (C=O) groups is 1. The highest BCUT2D eigenvalue weighted by Crippen LogP contribution is 2.40. The molecule has 3 heterocycles. The third kappa shape index (κ3) is 3.44. The SMILES string of the molecule is CN(C)[C@@H]1C[C@@H]2CN(C(=O)c3cc4ncccc4[nH]3)C[C@@H]2C[C@H]1OCC1CC1. The fourth-order valence-electron chi connectivity index (χ4n) is 5.06. The largest absolute Gasteiger partial charge is 0.376 e. The standard InChI is InChI=1S/C22H30N4O2/c1-25(2)20-8-15-11-26(12-16(15)9-21(20)28-13-14-5-6-14)22(27)19-10-18-17(24-19)4-3-7-23-18/h3-4,7,10,14-16,20-21,24H,5-6,8-9,11-13H2,1-2H3/t15-,16+,20-,21-/m1/s1. The number of nitrogens with zero attached hydrogens (tertiary/aromatic N) is 3. The van der Waals surface area contributed by atoms with Crippen molar-refractivity contribution in [2.75, 3.05) is 33.8 Å². The second kappa shape index (κ2) is 7.16. The van der Waals surface area contributed by atoms with E-state index in [0.29, 0.717) is 29.7 Å². The van der Waals surface area contributed by atoms with Gasteiger partial charge < -0.3 is 19.5 Å². The van der Waals surface area contributed by atoms with E-state index in [1.807, 2.05) is 23.1 Å². The zero-order valence-electron chi connectivity index (χ0n) is 16.8. The lowest BCUT2D eigenvalue weighted by Gasteiger charge is -2.41. The Kier molecular flexibility index (Phi) is 4.63. The number of pyridine rings is 1. The molecule has 2 aromatic rings. The third-order valence-corrected chi connectivity index (χ3v) is 6.90. The lowest BCUT2D eigenvalue weighted by Crippen LogP contribution is -2.48. The molecule has 6 heteroatoms. The van der Waals surface area contributed by atoms with E-state index in [4.69, 9.17) is 4.74 Å². The van der Waals surface area contributed by atoms with Crippen LogP contribution in [-0.4, -0.2) is 71.6 Å². The number of hydrogen-bond acceptors (Lipinski definition) is 4. The second-order valence-corrected chi connectivity index (χ2v) is 9.17. The highest BCUT2D eigenvalue weighted by Gasteiger charge is 2.45. The van der Waals surface area contributed by atoms with Crippen molar-refractivity contribution in [1.29, 1.82) is 0 Å². The van der Waals surface area contributed by atoms with Crippen molar-refractivity contribution in [3.8, 4) is 0 Å². The number of likely N-dealkylation sites (tertiary alicyclic amines) is 1. The third-order valence-electron chi connectivity index (χ3n) is 6.90. The number of hydrogen-bond donors (Lipinski definition) is 1. The van der Waals surface area contributed by atoms with E-state index in [1.165, 1.54) is 12.8 Å². The minimum absolute atomic E-state index is 0.101. The predicted octanol–water partition coefficient (Wildman–Crippen LogP) is 2.77. The van der Waals surface area contributed by atoms with Crippen LogP contribution in [0, 0.1) is 17.8 Å². The van der Waals surface area contributed by atoms with Crippen molar-refractivity contribution < 1.29 is 9.53 Å². The number of likely N-dealkylation sites (N-methyl/N-ethyl adjacent to an activating group) is 1. The molecule has 6 nitrogen and oxygen atoms in total. The van der Waals surface area contributed by atoms with Gasteiger partial charge in [0.25, 0.3) is 5.91 Å². The van der Waals surface area contributed by atoms with Crippen molar-refractivity contribution in [3.63, 3.8) is 0 Å². The molecule has 1 aliphatic heterocycles. The van der Waals surface area contributed by atoms with Crippen molar-refractivity contribution in [3.05, 3.63) is 30.1 Å². The number of carbonyl (C=O) groups excluding carboxylic acids is 1. The van der Waals surface area contributed by atoms with Gasteiger partial charge in [-0.2, -0.15) is 0 Å². The number of amides is 1. The number of ether oxygens (including phenoxy) is 1. The van der Waals surface area contributed by atoms with Gasteiger partial charge in [0, 0.05) is 31.9 Å². The molecule has 150 valence electrons. The molecule has 0 aromatic carbocycles. The highest BCUT2D eigenvalue weighted by molar-refractivity contribution is 5.97. The van der Waals surface area contributed by atoms with E-state index >= 15 is 0 Å². The van der Waals surface area contributed by atoms with Gasteiger partial charge >= 0.3 is 0 Å². The van der Waals surface area contributed by atoms with Crippen LogP contribution in [-0.2, 0) is 4.74 Å². The number of nitrogens with one attached hydrogen (secondary N) is 1. The van der Waals surface area contributed by atoms with E-state index < -0.39 is 0 Å². The van der Waals surface area contributed by atoms with E-state index in [0.717, 1.165) is 49.5 Å². The Morgan fingerprint density at radius 2 is 2.07 bits per heavy atom. The van der Waals surface area contributed by atoms with Gasteiger partial charge in [-0.05, 0) is 75.7 Å². The molecule has 1 saturated heterocycles. The van der Waals surface area contributed by atoms with Gasteiger partial charge in [-0.1, -0.05) is 0 Å². The maximum absolute atomic E-state index is 13.1. The quantitative estimate of drug-likeness (QED) is 0.864. The minimum Gasteiger partial charge on any atom is -0.376 e. The first-order chi connectivity index (χ1) is 13.6. The molecule has 1 N–H and O–H groups in total. The van der Waals surface area contributed by atoms with E-state index in [-0.39, 0.29) is 5.91 Å². The topological polar surface area (TPSA) is 61.5 Å². The monoisotopic (exact) mass is 382 g/mol. The Morgan fingerprint density at radius 1 is 1.29 bits per heavy atom. The summed E-state index contributed by atoms with van der Waals surface area (Å²) in [7, 11) is 4.32. The van der Waals surface area contributed by atoms with Crippen LogP contribution in [0.3, 0.4) is 0 Å². The lowest BCUT2D eigenvalue weighted by molar-refractivity contribution is -0.0493. The molecule has 2 saturated carbocycles. The van der Waals surface area contributed by atoms with Crippen LogP contribution < -0.4 is 0 Å². The van der Waals surface area contributed by atoms with Gasteiger partial charge in [-0.25, -0.2) is 0 Å². The summed E-state index contributed by atoms with van der Waals surface area (Å²) in [5, 5.41) is 0. The summed E-state index contributed by atoms with van der Waals surface area (Å²) in [6.07, 6.45) is 6.89. The first-order valence-corrected chi connectivity index (χ1v) is 10.6. The minimum atomic E-state index is 0.101. The molecule has 28 heavy (non-hydrogen) atoms. The summed E-state index contributed by atoms with van der Waals surface area (Å²) in [4.78, 5) is 25.0. The van der Waals surface area contributed by atoms with Gasteiger partial charge in [0.2, 0.25) is 0 Å². The molecule has 0 unspecified atom stereocenters. The van der Waals surface area contributed by atoms with Crippen molar-refractivity contribution in [2.45, 2.75) is 37.8 Å². The molecule has 2 aromatic heterocycles. The zero-order chi connectivity index (χ0) is 19.3. The Morgan fingerprint density at radius 3 is 2.79 bits per heavy atom. The summed E-state index contributed by atoms with van der Waals surface area (Å²) >= 11 is 0. The number of aromatic nitrogens is 2. The molecule has 5 rings (SSSR count). The van der Waals surface area contributed by atoms with Crippen LogP contribution in [0.15, 0.2) is 24.4 Å². The van der Waals surface area contributed by atoms with Gasteiger partial charge in [0.15, 0.2) is 0 Å². The van der Waals surface area contributed by atoms with Crippen molar-refractivity contribution in [1.82, 2.24) is 19.8 Å². The normalized spacial score (nSPS) is 30.2. The number of fused-ring (bicyclic) bond motifs is 2. The molecule has 0 radical (unpaired) electrons. The maximum Gasteiger partial charge on any atom is 0.270 e. The molecule has 3 fully saturated rings. The molecule has 2 aliphatic carbocycles. The smallest absolute Gasteiger partial charge is 0.270 e. The average molecular weight is 383 g/mol. The summed E-state index contributed by atoms with van der Waals surface area (Å²) in [6, 6.07) is 6.18. The summed E-state index contributed by atoms with van der Waals surface area (Å²) < 4.78 is 6.35. The Balaban J connectivity index is 1.28. The molecular weight excluding hydrogens is 352 g/mol. The fraction of sp³-hybridized carbons (Fsp3) is 0.636. The van der Waals surface area contributed by atoms with Crippen LogP contribution in [0.1, 0.15) is 36.2 Å². The maximum atomic E-state index is 13.1. The summed E-state index contributed by atoms with van der Waals surface area (Å²) in [6.45, 7) is 2.61. The number of rotatable bonds is 5. The summed E-state index contributed by atoms with van der Waals surface area (Å²) in [5.41, 5.74) is 2.42. The van der Waals surface area contributed by atoms with Crippen LogP contribution in [0.4, 0.5) is 0 Å². The number of H-pyrrole nitrogens is 1. The van der Waals surface area contributed by atoms with Crippen LogP contribution >= 0.6 is 0 Å². The highest BCUT2D eigenvalue weighted by atomic mass is 16.5. The second-order valence-electron chi connectivity index (χ2n) is 9.17. The Bertz CT molecular complexity index is 826. The summed E-state index contributed by atoms with van der Waals surface area (Å²) in [5.74, 6) is 2.01. The first kappa shape index (κ1) is 18.1. The Labute approximate surface area is 166 Å². The van der Waals surface area contributed by atoms with Crippen LogP contribution in [0.25, 0.3) is 11.0 Å². The van der Waals surface area contributed by atoms with Crippen LogP contribution in [0.2, 0.25) is 0 Å². The molecule has 1 amide bonds. The predicted molar refractivity (Wildman–Crippen MR) is 108 cm³/mol. The Hall–Kier alpha value is -1.92. The molecular formula is C22H30N4O2. The van der Waals surface area contributed by atoms with E-state index in [9.17, 15) is 4.79 Å². The van der Waals surface area contributed by atoms with Crippen LogP contribution in [0.5, 0.6) is 0 Å². The first-order valence-electron chi connectivity index (χ1n) is 10.6. The molecule has 0 spiro atoms. The van der Waals surface area contributed by atoms with E-state index in [2.05, 4.69) is 29.0 Å². The molecule has 0 bridgehead atoms. The molecule has 3 aliphatic rings. The lowest BCUT2D eigenvalue weighted by atomic mass is 9.77. The van der Waals surface area contributed by atoms with Crippen molar-refractivity contribution >= 4 is 16.9 Å². The van der Waals surface area contributed by atoms with Gasteiger partial charge in [-0.15, -0.1) is 0 Å². The number of aromatic amines is 1. The molecule has 4 atom stereocenters. The average Bonchev–Trinajstić information content (AvgIpc) is 3.26. The zero-order valence-corrected chi connectivity index (χ0v) is 16.8. The van der Waals surface area contributed by atoms with Gasteiger partial charge in [0.05, 0.1) is 17.1 Å². The van der Waals surface area contributed by atoms with Crippen molar-refractivity contribution in [2.24, 2.45) is 17.8 Å².